The number of carbonyl (C=O) groups is 4. The maximum absolute atomic E-state index is 14.5. The fraction of sp³-hybridized carbons (Fsp3) is 0.422. The van der Waals surface area contributed by atoms with Crippen molar-refractivity contribution in [2.75, 3.05) is 26.7 Å². The van der Waals surface area contributed by atoms with Gasteiger partial charge in [-0.15, -0.1) is 0 Å². The van der Waals surface area contributed by atoms with Crippen molar-refractivity contribution in [3.8, 4) is 11.3 Å². The van der Waals surface area contributed by atoms with Gasteiger partial charge in [0.2, 0.25) is 5.91 Å². The molecule has 0 bridgehead atoms. The second-order valence-electron chi connectivity index (χ2n) is 16.1. The van der Waals surface area contributed by atoms with E-state index in [1.54, 1.807) is 27.2 Å². The first kappa shape index (κ1) is 44.2. The number of nitrogens with zero attached hydrogens (tertiary/aromatic N) is 5. The average Bonchev–Trinajstić information content (AvgIpc) is 3.58. The zero-order chi connectivity index (χ0) is 42.5. The summed E-state index contributed by atoms with van der Waals surface area (Å²) in [6.07, 6.45) is 2.37. The quantitative estimate of drug-likeness (QED) is 0.0990. The number of urea groups is 1. The zero-order valence-electron chi connectivity index (χ0n) is 34.9. The zero-order valence-corrected chi connectivity index (χ0v) is 34.9. The van der Waals surface area contributed by atoms with Crippen molar-refractivity contribution in [3.63, 3.8) is 0 Å². The summed E-state index contributed by atoms with van der Waals surface area (Å²) in [4.78, 5) is 66.8. The number of benzene rings is 2. The number of amides is 5. The lowest BCUT2D eigenvalue weighted by Gasteiger charge is -2.36. The number of alkyl carbamates (subject to hydrolysis) is 1. The predicted molar refractivity (Wildman–Crippen MR) is 225 cm³/mol. The van der Waals surface area contributed by atoms with Crippen LogP contribution < -0.4 is 16.1 Å². The van der Waals surface area contributed by atoms with Crippen LogP contribution in [-0.2, 0) is 33.8 Å². The monoisotopic (exact) mass is 806 g/mol. The fourth-order valence-electron chi connectivity index (χ4n) is 7.15. The van der Waals surface area contributed by atoms with Gasteiger partial charge in [0.05, 0.1) is 37.2 Å². The first-order valence-electron chi connectivity index (χ1n) is 20.2. The molecule has 5 amide bonds. The van der Waals surface area contributed by atoms with Gasteiger partial charge in [-0.3, -0.25) is 25.0 Å². The van der Waals surface area contributed by atoms with Crippen LogP contribution in [0.4, 0.5) is 9.59 Å². The fourth-order valence-corrected chi connectivity index (χ4v) is 7.15. The van der Waals surface area contributed by atoms with Crippen LogP contribution in [-0.4, -0.2) is 105 Å². The minimum Gasteiger partial charge on any atom is -0.453 e. The molecule has 4 N–H and O–H groups in total. The second-order valence-corrected chi connectivity index (χ2v) is 16.1. The largest absolute Gasteiger partial charge is 0.453 e. The number of aromatic nitrogens is 2. The Morgan fingerprint density at radius 3 is 2.15 bits per heavy atom. The van der Waals surface area contributed by atoms with Crippen molar-refractivity contribution in [2.45, 2.75) is 84.8 Å². The number of hydrogen-bond acceptors (Lipinski definition) is 9. The van der Waals surface area contributed by atoms with Crippen molar-refractivity contribution in [2.24, 2.45) is 11.3 Å². The van der Waals surface area contributed by atoms with E-state index in [9.17, 15) is 24.3 Å². The Hall–Kier alpha value is -5.86. The first-order valence-corrected chi connectivity index (χ1v) is 20.2. The molecule has 2 aromatic heterocycles. The van der Waals surface area contributed by atoms with Crippen molar-refractivity contribution < 1.29 is 29.0 Å². The number of aliphatic hydroxyl groups is 1. The molecular formula is C45H58N8O6. The number of nitrogens with one attached hydrogen (secondary N) is 3. The molecule has 3 heterocycles. The normalized spacial score (nSPS) is 15.6. The Labute approximate surface area is 347 Å². The summed E-state index contributed by atoms with van der Waals surface area (Å²) in [5.74, 6) is -1.07. The molecule has 0 radical (unpaired) electrons. The molecule has 1 aliphatic rings. The van der Waals surface area contributed by atoms with Gasteiger partial charge in [-0.05, 0) is 53.1 Å². The van der Waals surface area contributed by atoms with E-state index in [2.05, 4.69) is 26.0 Å². The lowest BCUT2D eigenvalue weighted by atomic mass is 9.86. The number of hydrogen-bond donors (Lipinski definition) is 4. The van der Waals surface area contributed by atoms with E-state index in [0.717, 1.165) is 28.1 Å². The highest BCUT2D eigenvalue weighted by molar-refractivity contribution is 5.88. The number of pyridine rings is 2. The van der Waals surface area contributed by atoms with Gasteiger partial charge in [0.25, 0.3) is 5.91 Å². The summed E-state index contributed by atoms with van der Waals surface area (Å²) in [5.41, 5.74) is 6.44. The predicted octanol–water partition coefficient (Wildman–Crippen LogP) is 5.19. The van der Waals surface area contributed by atoms with Crippen LogP contribution in [0, 0.1) is 11.3 Å². The SMILES string of the molecule is CCC(C)C(C(=O)NC(Cc1ccccc1)C(O)CN(Cc1ccc(-c2ccccn2)cc1)NC(=O)C(NC(=O)OC)C(C)(C)C)N1CCN(Cc2ccccn2)C1=O. The molecule has 5 atom stereocenters. The summed E-state index contributed by atoms with van der Waals surface area (Å²) in [7, 11) is 1.23. The first-order chi connectivity index (χ1) is 28.3. The van der Waals surface area contributed by atoms with Crippen LogP contribution in [0.25, 0.3) is 11.3 Å². The Morgan fingerprint density at radius 2 is 1.54 bits per heavy atom. The molecule has 2 aromatic carbocycles. The number of rotatable bonds is 18. The van der Waals surface area contributed by atoms with Crippen LogP contribution in [0.5, 0.6) is 0 Å². The number of ether oxygens (including phenoxy) is 1. The van der Waals surface area contributed by atoms with Crippen molar-refractivity contribution in [3.05, 3.63) is 120 Å². The minimum atomic E-state index is -1.21. The lowest BCUT2D eigenvalue weighted by Crippen LogP contribution is -2.60. The third-order valence-corrected chi connectivity index (χ3v) is 10.6. The Morgan fingerprint density at radius 1 is 0.864 bits per heavy atom. The smallest absolute Gasteiger partial charge is 0.407 e. The summed E-state index contributed by atoms with van der Waals surface area (Å²) in [5, 5.41) is 19.5. The molecule has 0 spiro atoms. The van der Waals surface area contributed by atoms with Gasteiger partial charge >= 0.3 is 12.1 Å². The highest BCUT2D eigenvalue weighted by Crippen LogP contribution is 2.24. The standard InChI is InChI=1S/C45H58N8O6/c1-7-31(2)39(53-26-25-51(44(53)58)29-35-17-11-13-23-46-35)41(55)48-37(27-32-15-9-8-10-16-32)38(54)30-52(50-42(56)40(45(3,4)5)49-43(57)59-6)28-33-19-21-34(22-20-33)36-18-12-14-24-47-36/h8-24,31,37-40,54H,7,25-30H2,1-6H3,(H,48,55)(H,49,57)(H,50,56). The number of hydrazine groups is 1. The molecule has 5 rings (SSSR count). The molecule has 14 heteroatoms. The van der Waals surface area contributed by atoms with Crippen molar-refractivity contribution in [1.29, 1.82) is 0 Å². The van der Waals surface area contributed by atoms with Gasteiger partial charge in [0, 0.05) is 44.1 Å². The third kappa shape index (κ3) is 12.3. The van der Waals surface area contributed by atoms with Gasteiger partial charge in [-0.2, -0.15) is 0 Å². The van der Waals surface area contributed by atoms with Crippen LogP contribution in [0.3, 0.4) is 0 Å². The number of carbonyl (C=O) groups excluding carboxylic acids is 4. The van der Waals surface area contributed by atoms with E-state index < -0.39 is 41.6 Å². The number of methoxy groups -OCH3 is 1. The molecule has 59 heavy (non-hydrogen) atoms. The molecule has 5 unspecified atom stereocenters. The maximum atomic E-state index is 14.5. The van der Waals surface area contributed by atoms with Gasteiger partial charge in [0.15, 0.2) is 0 Å². The molecular weight excluding hydrogens is 749 g/mol. The molecule has 4 aromatic rings. The highest BCUT2D eigenvalue weighted by Gasteiger charge is 2.41. The Bertz CT molecular complexity index is 1960. The Balaban J connectivity index is 1.41. The van der Waals surface area contributed by atoms with Gasteiger partial charge in [-0.25, -0.2) is 14.6 Å². The number of aliphatic hydroxyl groups excluding tert-OH is 1. The summed E-state index contributed by atoms with van der Waals surface area (Å²) in [6, 6.07) is 25.7. The summed E-state index contributed by atoms with van der Waals surface area (Å²) < 4.78 is 4.83. The van der Waals surface area contributed by atoms with E-state index in [1.807, 2.05) is 126 Å². The van der Waals surface area contributed by atoms with Crippen molar-refractivity contribution >= 4 is 23.9 Å². The van der Waals surface area contributed by atoms with Gasteiger partial charge < -0.3 is 30.3 Å². The molecule has 0 aliphatic carbocycles. The summed E-state index contributed by atoms with van der Waals surface area (Å²) in [6.45, 7) is 10.6. The second kappa shape index (κ2) is 20.7. The molecule has 0 saturated carbocycles. The van der Waals surface area contributed by atoms with Crippen LogP contribution >= 0.6 is 0 Å². The van der Waals surface area contributed by atoms with E-state index in [0.29, 0.717) is 26.1 Å². The molecule has 1 fully saturated rings. The Kier molecular flexibility index (Phi) is 15.5. The minimum absolute atomic E-state index is 0.102. The summed E-state index contributed by atoms with van der Waals surface area (Å²) >= 11 is 0. The molecule has 1 aliphatic heterocycles. The van der Waals surface area contributed by atoms with Gasteiger partial charge in [0.1, 0.15) is 12.1 Å². The lowest BCUT2D eigenvalue weighted by molar-refractivity contribution is -0.132. The molecule has 14 nitrogen and oxygen atoms in total. The maximum Gasteiger partial charge on any atom is 0.407 e. The topological polar surface area (TPSA) is 169 Å². The third-order valence-electron chi connectivity index (χ3n) is 10.6. The molecule has 314 valence electrons. The van der Waals surface area contributed by atoms with E-state index >= 15 is 0 Å². The van der Waals surface area contributed by atoms with E-state index in [1.165, 1.54) is 7.11 Å². The van der Waals surface area contributed by atoms with Gasteiger partial charge in [-0.1, -0.05) is 108 Å². The van der Waals surface area contributed by atoms with Crippen LogP contribution in [0.1, 0.15) is 57.9 Å². The van der Waals surface area contributed by atoms with Crippen LogP contribution in [0.2, 0.25) is 0 Å². The average molecular weight is 807 g/mol. The molecule has 1 saturated heterocycles. The van der Waals surface area contributed by atoms with E-state index in [-0.39, 0.29) is 37.4 Å². The van der Waals surface area contributed by atoms with Crippen LogP contribution in [0.15, 0.2) is 103 Å². The van der Waals surface area contributed by atoms with Crippen molar-refractivity contribution in [1.82, 2.24) is 40.8 Å². The highest BCUT2D eigenvalue weighted by atomic mass is 16.5. The van der Waals surface area contributed by atoms with E-state index in [4.69, 9.17) is 4.74 Å².